The lowest BCUT2D eigenvalue weighted by atomic mass is 10.2. The molecule has 0 saturated carbocycles. The van der Waals surface area contributed by atoms with E-state index >= 15 is 0 Å². The Bertz CT molecular complexity index is 1260. The van der Waals surface area contributed by atoms with Gasteiger partial charge in [0.05, 0.1) is 23.0 Å². The molecule has 10 heteroatoms. The van der Waals surface area contributed by atoms with E-state index in [0.717, 1.165) is 12.2 Å². The molecule has 0 unspecified atom stereocenters. The topological polar surface area (TPSA) is 122 Å². The van der Waals surface area contributed by atoms with Gasteiger partial charge in [-0.1, -0.05) is 19.1 Å². The number of nitro benzene ring substituents is 1. The van der Waals surface area contributed by atoms with Crippen LogP contribution in [0.5, 0.6) is 11.5 Å². The van der Waals surface area contributed by atoms with Gasteiger partial charge < -0.3 is 19.2 Å². The summed E-state index contributed by atoms with van der Waals surface area (Å²) >= 11 is 0. The highest BCUT2D eigenvalue weighted by Crippen LogP contribution is 2.20. The van der Waals surface area contributed by atoms with Crippen molar-refractivity contribution in [1.82, 2.24) is 9.78 Å². The molecule has 10 nitrogen and oxygen atoms in total. The zero-order valence-electron chi connectivity index (χ0n) is 18.3. The average Bonchev–Trinajstić information content (AvgIpc) is 3.51. The fourth-order valence-electron chi connectivity index (χ4n) is 3.05. The van der Waals surface area contributed by atoms with E-state index in [1.165, 1.54) is 42.1 Å². The first kappa shape index (κ1) is 22.6. The van der Waals surface area contributed by atoms with Crippen LogP contribution in [0.4, 0.5) is 11.4 Å². The molecule has 0 spiro atoms. The monoisotopic (exact) mass is 462 g/mol. The summed E-state index contributed by atoms with van der Waals surface area (Å²) in [6.07, 6.45) is 4.13. The van der Waals surface area contributed by atoms with E-state index in [0.29, 0.717) is 17.2 Å². The third-order valence-electron chi connectivity index (χ3n) is 4.90. The van der Waals surface area contributed by atoms with Crippen molar-refractivity contribution in [3.05, 3.63) is 100 Å². The van der Waals surface area contributed by atoms with Gasteiger partial charge >= 0.3 is 0 Å². The van der Waals surface area contributed by atoms with Crippen LogP contribution in [-0.2, 0) is 19.8 Å². The van der Waals surface area contributed by atoms with Crippen LogP contribution >= 0.6 is 0 Å². The Hall–Kier alpha value is -4.60. The van der Waals surface area contributed by atoms with E-state index in [4.69, 9.17) is 13.9 Å². The van der Waals surface area contributed by atoms with E-state index in [9.17, 15) is 14.9 Å². The van der Waals surface area contributed by atoms with Gasteiger partial charge in [-0.2, -0.15) is 5.10 Å². The van der Waals surface area contributed by atoms with Gasteiger partial charge in [0, 0.05) is 12.1 Å². The molecule has 174 valence electrons. The molecule has 0 fully saturated rings. The third kappa shape index (κ3) is 5.80. The van der Waals surface area contributed by atoms with Crippen LogP contribution in [0.15, 0.2) is 77.5 Å². The molecule has 2 aromatic heterocycles. The van der Waals surface area contributed by atoms with Crippen molar-refractivity contribution in [2.75, 3.05) is 5.32 Å². The zero-order valence-corrected chi connectivity index (χ0v) is 18.3. The molecule has 0 aliphatic heterocycles. The number of carbonyl (C=O) groups is 1. The largest absolute Gasteiger partial charge is 0.486 e. The number of aryl methyl sites for hydroxylation is 1. The molecular formula is C24H22N4O6. The molecule has 34 heavy (non-hydrogen) atoms. The minimum atomic E-state index is -0.483. The van der Waals surface area contributed by atoms with Gasteiger partial charge in [0.25, 0.3) is 11.6 Å². The summed E-state index contributed by atoms with van der Waals surface area (Å²) in [6.45, 7) is 2.36. The van der Waals surface area contributed by atoms with Gasteiger partial charge in [-0.05, 0) is 48.4 Å². The van der Waals surface area contributed by atoms with Gasteiger partial charge in [0.2, 0.25) is 0 Å². The summed E-state index contributed by atoms with van der Waals surface area (Å²) in [5, 5.41) is 17.6. The molecule has 0 bridgehead atoms. The lowest BCUT2D eigenvalue weighted by Crippen LogP contribution is -2.10. The molecule has 4 aromatic rings. The quantitative estimate of drug-likeness (QED) is 0.265. The SMILES string of the molecule is CCc1ccc(OCn2cc(NC(=O)c3ccc(COc4ccc([N+](=O)[O-])cc4)o3)cn2)cc1. The number of aromatic nitrogens is 2. The Morgan fingerprint density at radius 1 is 1.06 bits per heavy atom. The normalized spacial score (nSPS) is 10.6. The van der Waals surface area contributed by atoms with E-state index < -0.39 is 10.8 Å². The molecule has 1 N–H and O–H groups in total. The van der Waals surface area contributed by atoms with Crippen molar-refractivity contribution < 1.29 is 23.6 Å². The number of hydrogen-bond donors (Lipinski definition) is 1. The smallest absolute Gasteiger partial charge is 0.291 e. The number of nitrogens with one attached hydrogen (secondary N) is 1. The number of anilines is 1. The Morgan fingerprint density at radius 2 is 1.76 bits per heavy atom. The third-order valence-corrected chi connectivity index (χ3v) is 4.90. The van der Waals surface area contributed by atoms with Crippen molar-refractivity contribution in [3.63, 3.8) is 0 Å². The number of benzene rings is 2. The predicted octanol–water partition coefficient (Wildman–Crippen LogP) is 4.81. The van der Waals surface area contributed by atoms with Gasteiger partial charge in [-0.15, -0.1) is 0 Å². The molecule has 0 radical (unpaired) electrons. The maximum atomic E-state index is 12.5. The average molecular weight is 462 g/mol. The molecule has 0 atom stereocenters. The maximum Gasteiger partial charge on any atom is 0.291 e. The van der Waals surface area contributed by atoms with Crippen molar-refractivity contribution >= 4 is 17.3 Å². The van der Waals surface area contributed by atoms with E-state index in [2.05, 4.69) is 17.3 Å². The summed E-state index contributed by atoms with van der Waals surface area (Å²) in [6, 6.07) is 16.7. The van der Waals surface area contributed by atoms with E-state index in [1.807, 2.05) is 24.3 Å². The van der Waals surface area contributed by atoms with Crippen molar-refractivity contribution in [2.24, 2.45) is 0 Å². The first-order chi connectivity index (χ1) is 16.5. The summed E-state index contributed by atoms with van der Waals surface area (Å²) in [7, 11) is 0. The Balaban J connectivity index is 1.27. The van der Waals surface area contributed by atoms with Gasteiger partial charge in [-0.25, -0.2) is 4.68 Å². The molecule has 0 aliphatic rings. The first-order valence-electron chi connectivity index (χ1n) is 10.5. The van der Waals surface area contributed by atoms with Crippen LogP contribution in [0.3, 0.4) is 0 Å². The van der Waals surface area contributed by atoms with Gasteiger partial charge in [0.1, 0.15) is 23.9 Å². The van der Waals surface area contributed by atoms with Crippen LogP contribution in [0.2, 0.25) is 0 Å². The number of rotatable bonds is 10. The van der Waals surface area contributed by atoms with Gasteiger partial charge in [0.15, 0.2) is 12.5 Å². The fourth-order valence-corrected chi connectivity index (χ4v) is 3.05. The fraction of sp³-hybridized carbons (Fsp3) is 0.167. The zero-order chi connectivity index (χ0) is 23.9. The lowest BCUT2D eigenvalue weighted by Gasteiger charge is -2.06. The number of furan rings is 1. The number of carbonyl (C=O) groups excluding carboxylic acids is 1. The second-order valence-electron chi connectivity index (χ2n) is 7.30. The standard InChI is InChI=1S/C24H22N4O6/c1-2-17-3-7-21(8-4-17)33-16-27-14-18(13-25-27)26-24(29)23-12-11-22(34-23)15-32-20-9-5-19(6-10-20)28(30)31/h3-14H,2,15-16H2,1H3,(H,26,29). The van der Waals surface area contributed by atoms with Crippen LogP contribution in [0, 0.1) is 10.1 Å². The Morgan fingerprint density at radius 3 is 2.47 bits per heavy atom. The lowest BCUT2D eigenvalue weighted by molar-refractivity contribution is -0.384. The van der Waals surface area contributed by atoms with Crippen LogP contribution < -0.4 is 14.8 Å². The highest BCUT2D eigenvalue weighted by Gasteiger charge is 2.13. The molecule has 2 aromatic carbocycles. The number of amides is 1. The minimum absolute atomic E-state index is 0.0233. The molecule has 0 saturated heterocycles. The first-order valence-corrected chi connectivity index (χ1v) is 10.5. The van der Waals surface area contributed by atoms with Crippen LogP contribution in [-0.4, -0.2) is 20.6 Å². The molecule has 4 rings (SSSR count). The number of nitrogens with zero attached hydrogens (tertiary/aromatic N) is 3. The van der Waals surface area contributed by atoms with E-state index in [1.54, 1.807) is 16.9 Å². The number of ether oxygens (including phenoxy) is 2. The van der Waals surface area contributed by atoms with Gasteiger partial charge in [-0.3, -0.25) is 14.9 Å². The minimum Gasteiger partial charge on any atom is -0.486 e. The van der Waals surface area contributed by atoms with Crippen molar-refractivity contribution in [1.29, 1.82) is 0 Å². The van der Waals surface area contributed by atoms with E-state index in [-0.39, 0.29) is 24.8 Å². The summed E-state index contributed by atoms with van der Waals surface area (Å²) in [4.78, 5) is 22.7. The number of non-ortho nitro benzene ring substituents is 1. The number of nitro groups is 1. The second-order valence-corrected chi connectivity index (χ2v) is 7.30. The molecular weight excluding hydrogens is 440 g/mol. The van der Waals surface area contributed by atoms with Crippen molar-refractivity contribution in [3.8, 4) is 11.5 Å². The molecule has 1 amide bonds. The predicted molar refractivity (Wildman–Crippen MR) is 123 cm³/mol. The number of hydrogen-bond acceptors (Lipinski definition) is 7. The highest BCUT2D eigenvalue weighted by atomic mass is 16.6. The van der Waals surface area contributed by atoms with Crippen LogP contribution in [0.25, 0.3) is 0 Å². The van der Waals surface area contributed by atoms with Crippen molar-refractivity contribution in [2.45, 2.75) is 26.7 Å². The summed E-state index contributed by atoms with van der Waals surface area (Å²) < 4.78 is 18.3. The summed E-state index contributed by atoms with van der Waals surface area (Å²) in [5.74, 6) is 1.29. The Labute approximate surface area is 194 Å². The summed E-state index contributed by atoms with van der Waals surface area (Å²) in [5.41, 5.74) is 1.70. The highest BCUT2D eigenvalue weighted by molar-refractivity contribution is 6.02. The second kappa shape index (κ2) is 10.3. The van der Waals surface area contributed by atoms with Crippen LogP contribution in [0.1, 0.15) is 28.8 Å². The molecule has 0 aliphatic carbocycles. The Kier molecular flexibility index (Phi) is 6.87. The molecule has 2 heterocycles. The maximum absolute atomic E-state index is 12.5.